The molecule has 0 bridgehead atoms. The number of nitrogens with one attached hydrogen (secondary N) is 2. The van der Waals surface area contributed by atoms with Crippen LogP contribution in [0.5, 0.6) is 0 Å². The molecule has 1 atom stereocenters. The number of likely N-dealkylation sites (N-methyl/N-ethyl adjacent to an activating group) is 1. The maximum absolute atomic E-state index is 13.5. The van der Waals surface area contributed by atoms with E-state index in [0.717, 1.165) is 65.4 Å². The Hall–Kier alpha value is -4.03. The fourth-order valence-corrected chi connectivity index (χ4v) is 6.71. The Morgan fingerprint density at radius 2 is 1.42 bits per heavy atom. The third kappa shape index (κ3) is 6.00. The normalized spacial score (nSPS) is 15.8. The van der Waals surface area contributed by atoms with E-state index in [1.807, 2.05) is 67.5 Å². The van der Waals surface area contributed by atoms with Crippen LogP contribution in [0.1, 0.15) is 56.5 Å². The van der Waals surface area contributed by atoms with Crippen molar-refractivity contribution in [2.45, 2.75) is 45.9 Å². The number of anilines is 2. The number of halogens is 1. The molecule has 0 fully saturated rings. The van der Waals surface area contributed by atoms with Gasteiger partial charge in [0.25, 0.3) is 11.8 Å². The number of aliphatic hydroxyl groups excluding tert-OH is 1. The first kappa shape index (κ1) is 31.0. The number of nitrogens with zero attached hydrogens (tertiary/aromatic N) is 6. The number of rotatable bonds is 7. The molecule has 2 aromatic carbocycles. The number of aliphatic hydroxyl groups is 1. The van der Waals surface area contributed by atoms with E-state index in [1.54, 1.807) is 13.0 Å². The molecule has 12 heteroatoms. The predicted octanol–water partition coefficient (Wildman–Crippen LogP) is 4.01. The predicted molar refractivity (Wildman–Crippen MR) is 175 cm³/mol. The number of carbonyl (C=O) groups excluding carboxylic acids is 2. The summed E-state index contributed by atoms with van der Waals surface area (Å²) in [5, 5.41) is 16.2. The average Bonchev–Trinajstić information content (AvgIpc) is 3.50. The van der Waals surface area contributed by atoms with Crippen molar-refractivity contribution in [1.29, 1.82) is 0 Å². The smallest absolute Gasteiger partial charge is 0.291 e. The minimum absolute atomic E-state index is 0.301. The van der Waals surface area contributed by atoms with Crippen LogP contribution in [0.25, 0.3) is 11.1 Å². The third-order valence-electron chi connectivity index (χ3n) is 8.83. The van der Waals surface area contributed by atoms with Crippen molar-refractivity contribution in [2.75, 3.05) is 37.3 Å². The summed E-state index contributed by atoms with van der Waals surface area (Å²) in [6.45, 7) is 7.31. The maximum Gasteiger partial charge on any atom is 0.291 e. The van der Waals surface area contributed by atoms with Crippen LogP contribution in [0.15, 0.2) is 36.4 Å². The van der Waals surface area contributed by atoms with Crippen molar-refractivity contribution in [3.8, 4) is 11.1 Å². The molecule has 0 saturated heterocycles. The van der Waals surface area contributed by atoms with Crippen molar-refractivity contribution in [3.63, 3.8) is 0 Å². The molecule has 0 radical (unpaired) electrons. The molecule has 0 saturated carbocycles. The van der Waals surface area contributed by atoms with Crippen LogP contribution in [0, 0.1) is 6.92 Å². The summed E-state index contributed by atoms with van der Waals surface area (Å²) in [4.78, 5) is 40.5. The van der Waals surface area contributed by atoms with Gasteiger partial charge in [0.1, 0.15) is 0 Å². The standard InChI is InChI=1S/C33H39ClN8O3/c1-19(43)16-42-15-13-28-26(18-42)36-30(41(28)5)32(44)37-23-10-6-8-21(20(23)2)22-9-7-11-24(29(22)34)38-33(45)31-35-25-17-39(3)14-12-27(25)40(31)4/h6-11,19,43H,12-18H2,1-5H3,(H,37,44)(H,38,45)/t19-/m1/s1. The number of benzene rings is 2. The Labute approximate surface area is 267 Å². The van der Waals surface area contributed by atoms with Gasteiger partial charge in [0.05, 0.1) is 28.2 Å². The number of amides is 2. The average molecular weight is 631 g/mol. The second-order valence-electron chi connectivity index (χ2n) is 12.2. The van der Waals surface area contributed by atoms with Gasteiger partial charge in [0.2, 0.25) is 0 Å². The first-order chi connectivity index (χ1) is 21.5. The lowest BCUT2D eigenvalue weighted by Crippen LogP contribution is -2.36. The fourth-order valence-electron chi connectivity index (χ4n) is 6.43. The van der Waals surface area contributed by atoms with Gasteiger partial charge in [-0.25, -0.2) is 9.97 Å². The minimum Gasteiger partial charge on any atom is -0.392 e. The number of aromatic nitrogens is 4. The van der Waals surface area contributed by atoms with Gasteiger partial charge in [-0.05, 0) is 44.2 Å². The van der Waals surface area contributed by atoms with Gasteiger partial charge < -0.3 is 29.8 Å². The Balaban J connectivity index is 1.22. The number of hydrogen-bond acceptors (Lipinski definition) is 7. The van der Waals surface area contributed by atoms with Crippen LogP contribution in [0.2, 0.25) is 5.02 Å². The van der Waals surface area contributed by atoms with Gasteiger partial charge in [-0.2, -0.15) is 0 Å². The zero-order valence-electron chi connectivity index (χ0n) is 26.3. The van der Waals surface area contributed by atoms with Gasteiger partial charge in [0.15, 0.2) is 11.6 Å². The van der Waals surface area contributed by atoms with E-state index in [0.29, 0.717) is 47.7 Å². The Morgan fingerprint density at radius 1 is 0.867 bits per heavy atom. The van der Waals surface area contributed by atoms with E-state index in [-0.39, 0.29) is 11.8 Å². The molecule has 236 valence electrons. The molecule has 0 spiro atoms. The Morgan fingerprint density at radius 3 is 2.07 bits per heavy atom. The molecule has 4 heterocycles. The van der Waals surface area contributed by atoms with E-state index in [4.69, 9.17) is 11.6 Å². The lowest BCUT2D eigenvalue weighted by atomic mass is 9.98. The summed E-state index contributed by atoms with van der Waals surface area (Å²) in [5.74, 6) is 0.0710. The SMILES string of the molecule is Cc1c(NC(=O)c2nc3c(n2C)CCN(C[C@@H](C)O)C3)cccc1-c1cccc(NC(=O)c2nc3c(n2C)CCN(C)C3)c1Cl. The Kier molecular flexibility index (Phi) is 8.53. The number of imidazole rings is 2. The minimum atomic E-state index is -0.424. The molecule has 0 unspecified atom stereocenters. The van der Waals surface area contributed by atoms with Crippen LogP contribution in [-0.4, -0.2) is 78.6 Å². The molecule has 2 amide bonds. The van der Waals surface area contributed by atoms with E-state index >= 15 is 0 Å². The van der Waals surface area contributed by atoms with Crippen LogP contribution < -0.4 is 10.6 Å². The second-order valence-corrected chi connectivity index (χ2v) is 12.5. The Bertz CT molecular complexity index is 1790. The van der Waals surface area contributed by atoms with Crippen LogP contribution in [0.4, 0.5) is 11.4 Å². The summed E-state index contributed by atoms with van der Waals surface area (Å²) >= 11 is 6.91. The molecule has 6 rings (SSSR count). The first-order valence-electron chi connectivity index (χ1n) is 15.2. The molecule has 11 nitrogen and oxygen atoms in total. The van der Waals surface area contributed by atoms with Crippen LogP contribution in [0.3, 0.4) is 0 Å². The highest BCUT2D eigenvalue weighted by atomic mass is 35.5. The van der Waals surface area contributed by atoms with E-state index in [1.165, 1.54) is 0 Å². The molecule has 2 aromatic heterocycles. The maximum atomic E-state index is 13.5. The van der Waals surface area contributed by atoms with Gasteiger partial charge in [0, 0.05) is 82.3 Å². The van der Waals surface area contributed by atoms with Gasteiger partial charge in [-0.15, -0.1) is 0 Å². The van der Waals surface area contributed by atoms with Crippen molar-refractivity contribution >= 4 is 34.8 Å². The van der Waals surface area contributed by atoms with Crippen molar-refractivity contribution in [1.82, 2.24) is 28.9 Å². The van der Waals surface area contributed by atoms with Gasteiger partial charge in [-0.1, -0.05) is 35.9 Å². The first-order valence-corrected chi connectivity index (χ1v) is 15.6. The van der Waals surface area contributed by atoms with Crippen LogP contribution in [-0.2, 0) is 40.0 Å². The highest BCUT2D eigenvalue weighted by molar-refractivity contribution is 6.36. The quantitative estimate of drug-likeness (QED) is 0.282. The van der Waals surface area contributed by atoms with Crippen LogP contribution >= 0.6 is 11.6 Å². The molecular weight excluding hydrogens is 592 g/mol. The molecule has 2 aliphatic rings. The van der Waals surface area contributed by atoms with E-state index < -0.39 is 6.10 Å². The van der Waals surface area contributed by atoms with E-state index in [9.17, 15) is 14.7 Å². The summed E-state index contributed by atoms with van der Waals surface area (Å²) in [5.41, 5.74) is 7.43. The summed E-state index contributed by atoms with van der Waals surface area (Å²) in [7, 11) is 5.79. The highest BCUT2D eigenvalue weighted by Crippen LogP contribution is 2.38. The summed E-state index contributed by atoms with van der Waals surface area (Å²) in [6, 6.07) is 11.2. The lowest BCUT2D eigenvalue weighted by Gasteiger charge is -2.27. The topological polar surface area (TPSA) is 121 Å². The van der Waals surface area contributed by atoms with Gasteiger partial charge in [-0.3, -0.25) is 14.5 Å². The third-order valence-corrected chi connectivity index (χ3v) is 9.24. The second kappa shape index (κ2) is 12.4. The molecular formula is C33H39ClN8O3. The molecule has 0 aliphatic carbocycles. The lowest BCUT2D eigenvalue weighted by molar-refractivity contribution is 0.100. The molecule has 3 N–H and O–H groups in total. The molecule has 45 heavy (non-hydrogen) atoms. The van der Waals surface area contributed by atoms with Crippen molar-refractivity contribution in [2.24, 2.45) is 14.1 Å². The van der Waals surface area contributed by atoms with E-state index in [2.05, 4.69) is 30.4 Å². The zero-order valence-corrected chi connectivity index (χ0v) is 27.1. The molecule has 2 aliphatic heterocycles. The largest absolute Gasteiger partial charge is 0.392 e. The zero-order chi connectivity index (χ0) is 32.0. The summed E-state index contributed by atoms with van der Waals surface area (Å²) in [6.07, 6.45) is 1.18. The van der Waals surface area contributed by atoms with Gasteiger partial charge >= 0.3 is 0 Å². The van der Waals surface area contributed by atoms with Crippen molar-refractivity contribution in [3.05, 3.63) is 81.4 Å². The van der Waals surface area contributed by atoms with Crippen molar-refractivity contribution < 1.29 is 14.7 Å². The number of hydrogen-bond donors (Lipinski definition) is 3. The number of carbonyl (C=O) groups is 2. The monoisotopic (exact) mass is 630 g/mol. The summed E-state index contributed by atoms with van der Waals surface area (Å²) < 4.78 is 3.73. The number of fused-ring (bicyclic) bond motifs is 2. The fraction of sp³-hybridized carbons (Fsp3) is 0.394. The number of β-amino-alcohol motifs (C(OH)–C–C–N with tert-alkyl or cyclic N) is 1. The molecule has 4 aromatic rings. The highest BCUT2D eigenvalue weighted by Gasteiger charge is 2.27.